The maximum Gasteiger partial charge on any atom is 0.167 e. The number of rotatable bonds is 8. The predicted octanol–water partition coefficient (Wildman–Crippen LogP) is 17.8. The van der Waals surface area contributed by atoms with Crippen LogP contribution >= 0.6 is 11.1 Å². The molecule has 0 aliphatic heterocycles. The van der Waals surface area contributed by atoms with Gasteiger partial charge in [0.25, 0.3) is 0 Å². The predicted molar refractivity (Wildman–Crippen MR) is 283 cm³/mol. The second-order valence-corrected chi connectivity index (χ2v) is 29.0. The summed E-state index contributed by atoms with van der Waals surface area (Å²) in [4.78, 5) is 0. The molecule has 0 heterocycles. The summed E-state index contributed by atoms with van der Waals surface area (Å²) in [5.41, 5.74) is 20.7. The molecule has 4 aromatic carbocycles. The van der Waals surface area contributed by atoms with Crippen molar-refractivity contribution in [1.29, 1.82) is 0 Å². The number of allylic oxidation sites excluding steroid dienone is 2. The molecular formula is C60H82ClO2Si. The van der Waals surface area contributed by atoms with Gasteiger partial charge in [-0.25, -0.2) is 0 Å². The van der Waals surface area contributed by atoms with Gasteiger partial charge in [-0.2, -0.15) is 11.1 Å². The second kappa shape index (κ2) is 17.0. The van der Waals surface area contributed by atoms with Crippen LogP contribution in [0.3, 0.4) is 0 Å². The van der Waals surface area contributed by atoms with E-state index in [0.717, 1.165) is 23.6 Å². The number of methoxy groups -OCH3 is 2. The number of ether oxygens (including phenoxy) is 2. The smallest absolute Gasteiger partial charge is 0.167 e. The first-order valence-electron chi connectivity index (χ1n) is 23.9. The Morgan fingerprint density at radius 3 is 0.953 bits per heavy atom. The van der Waals surface area contributed by atoms with Crippen molar-refractivity contribution in [3.05, 3.63) is 115 Å². The van der Waals surface area contributed by atoms with Gasteiger partial charge >= 0.3 is 0 Å². The van der Waals surface area contributed by atoms with Crippen LogP contribution in [-0.2, 0) is 32.5 Å². The van der Waals surface area contributed by atoms with E-state index >= 15 is 0 Å². The lowest BCUT2D eigenvalue weighted by Crippen LogP contribution is -2.19. The molecule has 2 unspecified atom stereocenters. The van der Waals surface area contributed by atoms with Crippen molar-refractivity contribution in [3.63, 3.8) is 0 Å². The van der Waals surface area contributed by atoms with Gasteiger partial charge in [0.2, 0.25) is 0 Å². The Bertz CT molecular complexity index is 2270. The van der Waals surface area contributed by atoms with Crippen LogP contribution in [0.4, 0.5) is 0 Å². The molecule has 4 aromatic rings. The Morgan fingerprint density at radius 1 is 0.438 bits per heavy atom. The molecule has 0 fully saturated rings. The van der Waals surface area contributed by atoms with Crippen molar-refractivity contribution in [2.75, 3.05) is 14.2 Å². The molecule has 0 saturated carbocycles. The molecule has 1 radical (unpaired) electrons. The van der Waals surface area contributed by atoms with Gasteiger partial charge in [-0.05, 0) is 114 Å². The van der Waals surface area contributed by atoms with Crippen LogP contribution in [0.1, 0.15) is 206 Å². The third-order valence-electron chi connectivity index (χ3n) is 14.1. The molecule has 0 N–H and O–H groups in total. The van der Waals surface area contributed by atoms with Crippen molar-refractivity contribution in [1.82, 2.24) is 0 Å². The lowest BCUT2D eigenvalue weighted by Gasteiger charge is -2.30. The normalized spacial score (nSPS) is 17.1. The summed E-state index contributed by atoms with van der Waals surface area (Å²) in [5.74, 6) is 2.48. The number of halogens is 1. The number of fused-ring (bicyclic) bond motifs is 2. The average Bonchev–Trinajstić information content (AvgIpc) is 3.63. The number of hydrogen-bond acceptors (Lipinski definition) is 2. The number of benzene rings is 4. The molecule has 0 bridgehead atoms. The van der Waals surface area contributed by atoms with Crippen molar-refractivity contribution in [2.45, 2.75) is 195 Å². The SMILES string of the molecule is COc1c(C(C)(C)C)cc2c(c1-c1cc(C(C)(C)C)cc(C(C)(C)C)c1)C=C(C)C2C[Si](Cl)CC1C(C)=Cc2c1cc(C(C)(C)C)c(OC)c2-c1cc(C(C)(C)C)cc(C(C)(C)C)c1. The van der Waals surface area contributed by atoms with E-state index in [1.54, 1.807) is 0 Å². The monoisotopic (exact) mass is 898 g/mol. The van der Waals surface area contributed by atoms with Gasteiger partial charge < -0.3 is 9.47 Å². The van der Waals surface area contributed by atoms with E-state index in [4.69, 9.17) is 20.6 Å². The largest absolute Gasteiger partial charge is 0.496 e. The highest BCUT2D eigenvalue weighted by Gasteiger charge is 2.38. The molecule has 64 heavy (non-hydrogen) atoms. The summed E-state index contributed by atoms with van der Waals surface area (Å²) < 4.78 is 13.0. The van der Waals surface area contributed by atoms with Crippen LogP contribution in [0.5, 0.6) is 11.5 Å². The van der Waals surface area contributed by atoms with Crippen molar-refractivity contribution in [3.8, 4) is 33.8 Å². The van der Waals surface area contributed by atoms with E-state index in [0.29, 0.717) is 0 Å². The van der Waals surface area contributed by atoms with Crippen LogP contribution in [0.2, 0.25) is 12.1 Å². The van der Waals surface area contributed by atoms with Crippen molar-refractivity contribution in [2.24, 2.45) is 0 Å². The highest BCUT2D eigenvalue weighted by molar-refractivity contribution is 7.07. The molecule has 345 valence electrons. The topological polar surface area (TPSA) is 18.5 Å². The zero-order chi connectivity index (χ0) is 48.0. The quantitative estimate of drug-likeness (QED) is 0.130. The van der Waals surface area contributed by atoms with Gasteiger partial charge in [-0.1, -0.05) is 196 Å². The summed E-state index contributed by atoms with van der Waals surface area (Å²) in [6.45, 7) is 46.5. The van der Waals surface area contributed by atoms with Crippen molar-refractivity contribution < 1.29 is 9.47 Å². The Kier molecular flexibility index (Phi) is 13.2. The van der Waals surface area contributed by atoms with Gasteiger partial charge in [0.05, 0.1) is 14.2 Å². The third-order valence-corrected chi connectivity index (χ3v) is 16.7. The first kappa shape index (κ1) is 49.9. The zero-order valence-electron chi connectivity index (χ0n) is 44.0. The van der Waals surface area contributed by atoms with Crippen molar-refractivity contribution >= 4 is 31.3 Å². The Labute approximate surface area is 397 Å². The first-order valence-corrected chi connectivity index (χ1v) is 26.8. The molecule has 0 aromatic heterocycles. The summed E-state index contributed by atoms with van der Waals surface area (Å²) in [6.07, 6.45) is 4.91. The molecule has 4 heteroatoms. The molecule has 2 aliphatic rings. The van der Waals surface area contributed by atoms with Gasteiger partial charge in [0.15, 0.2) is 8.11 Å². The second-order valence-electron chi connectivity index (χ2n) is 25.6. The molecule has 0 spiro atoms. The summed E-state index contributed by atoms with van der Waals surface area (Å²) >= 11 is 7.88. The fraction of sp³-hybridized carbons (Fsp3) is 0.533. The highest BCUT2D eigenvalue weighted by atomic mass is 35.6. The van der Waals surface area contributed by atoms with E-state index < -0.39 is 8.11 Å². The summed E-state index contributed by atoms with van der Waals surface area (Å²) in [7, 11) is 2.35. The lowest BCUT2D eigenvalue weighted by molar-refractivity contribution is 0.398. The maximum atomic E-state index is 7.88. The highest BCUT2D eigenvalue weighted by Crippen LogP contribution is 2.55. The van der Waals surface area contributed by atoms with Crippen LogP contribution in [0, 0.1) is 0 Å². The van der Waals surface area contributed by atoms with Gasteiger partial charge in [-0.3, -0.25) is 0 Å². The summed E-state index contributed by atoms with van der Waals surface area (Å²) in [6, 6.07) is 21.4. The van der Waals surface area contributed by atoms with Crippen LogP contribution in [0.25, 0.3) is 34.4 Å². The molecule has 2 aliphatic carbocycles. The minimum atomic E-state index is -1.36. The van der Waals surface area contributed by atoms with E-state index in [2.05, 4.69) is 199 Å². The van der Waals surface area contributed by atoms with Crippen LogP contribution in [0.15, 0.2) is 59.7 Å². The van der Waals surface area contributed by atoms with E-state index in [-0.39, 0.29) is 44.3 Å². The summed E-state index contributed by atoms with van der Waals surface area (Å²) in [5, 5.41) is 0. The zero-order valence-corrected chi connectivity index (χ0v) is 45.8. The molecule has 2 atom stereocenters. The fourth-order valence-corrected chi connectivity index (χ4v) is 13.0. The van der Waals surface area contributed by atoms with Crippen LogP contribution < -0.4 is 9.47 Å². The molecular weight excluding hydrogens is 816 g/mol. The average molecular weight is 899 g/mol. The molecule has 0 amide bonds. The fourth-order valence-electron chi connectivity index (χ4n) is 9.89. The molecule has 6 rings (SSSR count). The van der Waals surface area contributed by atoms with E-state index in [1.807, 2.05) is 14.2 Å². The molecule has 2 nitrogen and oxygen atoms in total. The Balaban J connectivity index is 1.48. The van der Waals surface area contributed by atoms with Gasteiger partial charge in [-0.15, -0.1) is 0 Å². The minimum absolute atomic E-state index is 0.00486. The van der Waals surface area contributed by atoms with Crippen LogP contribution in [-0.4, -0.2) is 22.3 Å². The molecule has 0 saturated heterocycles. The van der Waals surface area contributed by atoms with Gasteiger partial charge in [0, 0.05) is 34.1 Å². The Morgan fingerprint density at radius 2 is 0.719 bits per heavy atom. The minimum Gasteiger partial charge on any atom is -0.496 e. The lowest BCUT2D eigenvalue weighted by atomic mass is 9.76. The maximum absolute atomic E-state index is 7.88. The number of hydrogen-bond donors (Lipinski definition) is 0. The Hall–Kier alpha value is -3.53. The van der Waals surface area contributed by atoms with Gasteiger partial charge in [0.1, 0.15) is 11.5 Å². The standard InChI is InChI=1S/C60H82ClO2Si/c1-35-23-45-43(31-49(59(15,16)17)53(62-21)51(45)37-25-39(55(3,4)5)29-40(26-37)56(6,7)8)47(35)33-64(61)34-48-36(2)24-46-44(48)32-50(60(18,19)20)54(63-22)52(46)38-27-41(57(9,10)11)30-42(28-38)58(12,13)14/h23-32,47-48H,33-34H2,1-22H3. The van der Waals surface area contributed by atoms with E-state index in [9.17, 15) is 0 Å². The first-order chi connectivity index (χ1) is 29.2. The van der Waals surface area contributed by atoms with E-state index in [1.165, 1.54) is 89.0 Å². The third kappa shape index (κ3) is 9.79.